The molecule has 0 atom stereocenters. The number of nitrogens with two attached hydrogens (primary N) is 1. The number of imidazole rings is 1. The van der Waals surface area contributed by atoms with Crippen molar-refractivity contribution in [3.63, 3.8) is 0 Å². The van der Waals surface area contributed by atoms with Crippen LogP contribution < -0.4 is 11.3 Å². The first-order chi connectivity index (χ1) is 7.61. The molecule has 0 aliphatic rings. The van der Waals surface area contributed by atoms with Crippen LogP contribution in [0.3, 0.4) is 0 Å². The van der Waals surface area contributed by atoms with Crippen LogP contribution in [0.5, 0.6) is 0 Å². The summed E-state index contributed by atoms with van der Waals surface area (Å²) in [5, 5.41) is 0. The molecule has 0 fully saturated rings. The van der Waals surface area contributed by atoms with E-state index < -0.39 is 5.56 Å². The van der Waals surface area contributed by atoms with Crippen LogP contribution in [0.2, 0.25) is 0 Å². The van der Waals surface area contributed by atoms with E-state index in [1.807, 2.05) is 0 Å². The highest BCUT2D eigenvalue weighted by Crippen LogP contribution is 2.05. The quantitative estimate of drug-likeness (QED) is 0.576. The van der Waals surface area contributed by atoms with Crippen LogP contribution >= 0.6 is 0 Å². The number of methoxy groups -OCH3 is 1. The van der Waals surface area contributed by atoms with E-state index in [1.54, 1.807) is 0 Å². The summed E-state index contributed by atoms with van der Waals surface area (Å²) in [6, 6.07) is 0. The zero-order valence-corrected chi connectivity index (χ0v) is 8.40. The molecule has 0 aliphatic heterocycles. The lowest BCUT2D eigenvalue weighted by Gasteiger charge is -1.92. The normalized spacial score (nSPS) is 10.8. The van der Waals surface area contributed by atoms with Crippen molar-refractivity contribution in [2.75, 3.05) is 19.5 Å². The smallest absolute Gasteiger partial charge is 0.278 e. The van der Waals surface area contributed by atoms with Crippen LogP contribution in [0.4, 0.5) is 5.95 Å². The molecule has 0 aliphatic carbocycles. The van der Waals surface area contributed by atoms with E-state index in [0.717, 1.165) is 0 Å². The summed E-state index contributed by atoms with van der Waals surface area (Å²) in [6.45, 7) is -0.118. The molecule has 0 saturated heterocycles. The van der Waals surface area contributed by atoms with Crippen LogP contribution in [-0.2, 0) is 4.74 Å². The summed E-state index contributed by atoms with van der Waals surface area (Å²) in [5.74, 6) is -0.381. The van der Waals surface area contributed by atoms with E-state index in [4.69, 9.17) is 5.73 Å². The van der Waals surface area contributed by atoms with Gasteiger partial charge in [-0.25, -0.2) is 4.98 Å². The first-order valence-electron chi connectivity index (χ1n) is 4.39. The fourth-order valence-corrected chi connectivity index (χ4v) is 1.26. The number of hydrogen-bond acceptors (Lipinski definition) is 6. The van der Waals surface area contributed by atoms with Crippen molar-refractivity contribution in [2.45, 2.75) is 0 Å². The second-order valence-corrected chi connectivity index (χ2v) is 3.09. The molecule has 2 aromatic rings. The zero-order chi connectivity index (χ0) is 11.7. The number of nitrogens with zero attached hydrogens (tertiary/aromatic N) is 2. The number of aromatic amines is 2. The number of anilines is 1. The maximum Gasteiger partial charge on any atom is 0.278 e. The van der Waals surface area contributed by atoms with Gasteiger partial charge >= 0.3 is 0 Å². The SMILES string of the molecule is COCC(=O)c1nc2nc(N)[nH]c(=O)c2[nH]1. The summed E-state index contributed by atoms with van der Waals surface area (Å²) < 4.78 is 4.67. The number of hydrogen-bond donors (Lipinski definition) is 3. The summed E-state index contributed by atoms with van der Waals surface area (Å²) in [7, 11) is 1.39. The fourth-order valence-electron chi connectivity index (χ4n) is 1.26. The van der Waals surface area contributed by atoms with Crippen molar-refractivity contribution in [3.8, 4) is 0 Å². The second-order valence-electron chi connectivity index (χ2n) is 3.09. The molecule has 0 radical (unpaired) electrons. The topological polar surface area (TPSA) is 127 Å². The lowest BCUT2D eigenvalue weighted by Crippen LogP contribution is -2.11. The molecule has 2 aromatic heterocycles. The van der Waals surface area contributed by atoms with Crippen LogP contribution in [-0.4, -0.2) is 39.4 Å². The van der Waals surface area contributed by atoms with Gasteiger partial charge in [0, 0.05) is 7.11 Å². The molecule has 8 heteroatoms. The number of carbonyl (C=O) groups excluding carboxylic acids is 1. The number of rotatable bonds is 3. The molecule has 2 rings (SSSR count). The first-order valence-corrected chi connectivity index (χ1v) is 4.39. The van der Waals surface area contributed by atoms with Gasteiger partial charge in [0.05, 0.1) is 0 Å². The van der Waals surface area contributed by atoms with Crippen molar-refractivity contribution in [2.24, 2.45) is 0 Å². The predicted octanol–water partition coefficient (Wildman–Crippen LogP) is -0.943. The Bertz CT molecular complexity index is 599. The number of H-pyrrole nitrogens is 2. The third-order valence-electron chi connectivity index (χ3n) is 1.92. The number of ether oxygens (including phenoxy) is 1. The number of nitrogens with one attached hydrogen (secondary N) is 2. The molecule has 0 amide bonds. The average Bonchev–Trinajstić information content (AvgIpc) is 2.62. The van der Waals surface area contributed by atoms with Gasteiger partial charge < -0.3 is 15.5 Å². The zero-order valence-electron chi connectivity index (χ0n) is 8.40. The largest absolute Gasteiger partial charge is 0.376 e. The Kier molecular flexibility index (Phi) is 2.41. The molecule has 8 nitrogen and oxygen atoms in total. The van der Waals surface area contributed by atoms with Gasteiger partial charge in [-0.2, -0.15) is 4.98 Å². The van der Waals surface area contributed by atoms with Gasteiger partial charge in [0.25, 0.3) is 5.56 Å². The van der Waals surface area contributed by atoms with E-state index in [1.165, 1.54) is 7.11 Å². The molecule has 4 N–H and O–H groups in total. The molecule has 2 heterocycles. The van der Waals surface area contributed by atoms with Crippen molar-refractivity contribution in [1.29, 1.82) is 0 Å². The summed E-state index contributed by atoms with van der Waals surface area (Å²) in [6.07, 6.45) is 0. The molecule has 0 bridgehead atoms. The van der Waals surface area contributed by atoms with Crippen molar-refractivity contribution < 1.29 is 9.53 Å². The Morgan fingerprint density at radius 3 is 2.88 bits per heavy atom. The minimum atomic E-state index is -0.466. The third kappa shape index (κ3) is 1.65. The van der Waals surface area contributed by atoms with Crippen LogP contribution in [0.1, 0.15) is 10.6 Å². The number of ketones is 1. The van der Waals surface area contributed by atoms with Crippen molar-refractivity contribution in [3.05, 3.63) is 16.2 Å². The standard InChI is InChI=1S/C8H9N5O3/c1-16-2-3(14)5-10-4-6(11-5)12-8(9)13-7(4)15/h2H2,1H3,(H4,9,10,11,12,13,15). The molecule has 84 valence electrons. The average molecular weight is 223 g/mol. The molecule has 0 spiro atoms. The van der Waals surface area contributed by atoms with Gasteiger partial charge in [0.15, 0.2) is 17.0 Å². The van der Waals surface area contributed by atoms with Gasteiger partial charge in [-0.3, -0.25) is 14.6 Å². The van der Waals surface area contributed by atoms with Crippen LogP contribution in [0.15, 0.2) is 4.79 Å². The predicted molar refractivity (Wildman–Crippen MR) is 55.1 cm³/mol. The third-order valence-corrected chi connectivity index (χ3v) is 1.92. The van der Waals surface area contributed by atoms with E-state index in [-0.39, 0.29) is 35.3 Å². The van der Waals surface area contributed by atoms with E-state index in [2.05, 4.69) is 24.7 Å². The van der Waals surface area contributed by atoms with Crippen LogP contribution in [0.25, 0.3) is 11.2 Å². The highest BCUT2D eigenvalue weighted by molar-refractivity contribution is 5.96. The van der Waals surface area contributed by atoms with Gasteiger partial charge in [-0.1, -0.05) is 0 Å². The summed E-state index contributed by atoms with van der Waals surface area (Å²) >= 11 is 0. The first kappa shape index (κ1) is 10.3. The molecule has 0 saturated carbocycles. The van der Waals surface area contributed by atoms with Gasteiger partial charge in [-0.05, 0) is 0 Å². The highest BCUT2D eigenvalue weighted by atomic mass is 16.5. The number of nitrogen functional groups attached to an aromatic ring is 1. The van der Waals surface area contributed by atoms with Gasteiger partial charge in [0.2, 0.25) is 11.7 Å². The Morgan fingerprint density at radius 2 is 2.19 bits per heavy atom. The maximum absolute atomic E-state index is 11.4. The summed E-state index contributed by atoms with van der Waals surface area (Å²) in [5.41, 5.74) is 5.10. The number of fused-ring (bicyclic) bond motifs is 1. The van der Waals surface area contributed by atoms with Gasteiger partial charge in [0.1, 0.15) is 6.61 Å². The fraction of sp³-hybridized carbons (Fsp3) is 0.250. The monoisotopic (exact) mass is 223 g/mol. The highest BCUT2D eigenvalue weighted by Gasteiger charge is 2.14. The Hall–Kier alpha value is -2.22. The second kappa shape index (κ2) is 3.74. The van der Waals surface area contributed by atoms with Gasteiger partial charge in [-0.15, -0.1) is 0 Å². The van der Waals surface area contributed by atoms with E-state index in [0.29, 0.717) is 0 Å². The number of aromatic nitrogens is 4. The maximum atomic E-state index is 11.4. The Labute approximate surface area is 88.9 Å². The minimum absolute atomic E-state index is 0.0282. The van der Waals surface area contributed by atoms with Crippen molar-refractivity contribution >= 4 is 22.9 Å². The molecular formula is C8H9N5O3. The minimum Gasteiger partial charge on any atom is -0.376 e. The Balaban J connectivity index is 2.56. The lowest BCUT2D eigenvalue weighted by atomic mass is 10.4. The van der Waals surface area contributed by atoms with Crippen molar-refractivity contribution in [1.82, 2.24) is 19.9 Å². The Morgan fingerprint density at radius 1 is 1.44 bits per heavy atom. The molecule has 0 unspecified atom stereocenters. The number of carbonyl (C=O) groups is 1. The molecule has 16 heavy (non-hydrogen) atoms. The summed E-state index contributed by atoms with van der Waals surface area (Å²) in [4.78, 5) is 35.3. The van der Waals surface area contributed by atoms with E-state index in [9.17, 15) is 9.59 Å². The van der Waals surface area contributed by atoms with Crippen LogP contribution in [0, 0.1) is 0 Å². The number of Topliss-reactive ketones (excluding diaryl/α,β-unsaturated/α-hetero) is 1. The van der Waals surface area contributed by atoms with E-state index >= 15 is 0 Å². The molecule has 0 aromatic carbocycles. The molecular weight excluding hydrogens is 214 g/mol. The lowest BCUT2D eigenvalue weighted by molar-refractivity contribution is 0.0838.